The summed E-state index contributed by atoms with van der Waals surface area (Å²) < 4.78 is 19.0. The summed E-state index contributed by atoms with van der Waals surface area (Å²) in [5.74, 6) is 1.02. The number of aryl methyl sites for hydroxylation is 1. The molecule has 0 unspecified atom stereocenters. The molecule has 1 aliphatic heterocycles. The molecule has 2 heterocycles. The van der Waals surface area contributed by atoms with Gasteiger partial charge in [-0.2, -0.15) is 5.10 Å². The van der Waals surface area contributed by atoms with Crippen LogP contribution in [0.1, 0.15) is 11.3 Å². The van der Waals surface area contributed by atoms with Crippen LogP contribution in [0.2, 0.25) is 0 Å². The molecule has 0 atom stereocenters. The van der Waals surface area contributed by atoms with E-state index < -0.39 is 0 Å². The van der Waals surface area contributed by atoms with Gasteiger partial charge >= 0.3 is 0 Å². The number of aromatic nitrogens is 2. The summed E-state index contributed by atoms with van der Waals surface area (Å²) in [6.45, 7) is 3.39. The van der Waals surface area contributed by atoms with E-state index in [1.54, 1.807) is 12.4 Å². The summed E-state index contributed by atoms with van der Waals surface area (Å²) >= 11 is 3.45. The van der Waals surface area contributed by atoms with Gasteiger partial charge in [-0.3, -0.25) is 0 Å². The van der Waals surface area contributed by atoms with Gasteiger partial charge in [0.15, 0.2) is 6.29 Å². The fraction of sp³-hybridized carbons (Fsp3) is 0.333. The first-order valence-electron chi connectivity index (χ1n) is 7.13. The second-order valence-electron chi connectivity index (χ2n) is 4.99. The van der Waals surface area contributed by atoms with Gasteiger partial charge < -0.3 is 19.9 Å². The first-order chi connectivity index (χ1) is 11.1. The van der Waals surface area contributed by atoms with E-state index in [0.717, 1.165) is 15.7 Å². The molecule has 1 aromatic carbocycles. The molecule has 0 radical (unpaired) electrons. The highest BCUT2D eigenvalue weighted by atomic mass is 79.9. The monoisotopic (exact) mass is 380 g/mol. The average Bonchev–Trinajstić information content (AvgIpc) is 3.13. The molecule has 1 aromatic heterocycles. The average molecular weight is 381 g/mol. The largest absolute Gasteiger partial charge is 0.488 e. The number of hydrogen-bond donors (Lipinski definition) is 1. The second kappa shape index (κ2) is 7.12. The van der Waals surface area contributed by atoms with Crippen molar-refractivity contribution in [2.24, 2.45) is 5.10 Å². The Morgan fingerprint density at radius 2 is 2.26 bits per heavy atom. The third-order valence-corrected chi connectivity index (χ3v) is 3.69. The molecule has 1 saturated heterocycles. The van der Waals surface area contributed by atoms with Gasteiger partial charge in [0.2, 0.25) is 5.95 Å². The molecule has 122 valence electrons. The van der Waals surface area contributed by atoms with Crippen LogP contribution in [0, 0.1) is 6.92 Å². The number of anilines is 1. The minimum Gasteiger partial charge on any atom is -0.488 e. The van der Waals surface area contributed by atoms with Gasteiger partial charge in [0.1, 0.15) is 12.4 Å². The predicted molar refractivity (Wildman–Crippen MR) is 89.7 cm³/mol. The lowest BCUT2D eigenvalue weighted by Crippen LogP contribution is -2.18. The third kappa shape index (κ3) is 4.10. The topological polar surface area (TPSA) is 83.9 Å². The van der Waals surface area contributed by atoms with Gasteiger partial charge in [0.05, 0.1) is 31.3 Å². The molecule has 8 heteroatoms. The Hall–Kier alpha value is -1.90. The van der Waals surface area contributed by atoms with Gasteiger partial charge in [-0.25, -0.2) is 9.66 Å². The molecule has 7 nitrogen and oxygen atoms in total. The van der Waals surface area contributed by atoms with E-state index in [1.165, 1.54) is 4.68 Å². The summed E-state index contributed by atoms with van der Waals surface area (Å²) in [4.78, 5) is 4.11. The number of ether oxygens (including phenoxy) is 3. The van der Waals surface area contributed by atoms with Gasteiger partial charge in [-0.05, 0) is 25.1 Å². The standard InChI is InChI=1S/C15H17BrN4O3/c1-10-8-20(15(17)19-10)18-7-11-6-12(16)2-3-13(11)23-9-14-21-4-5-22-14/h2-3,6-8,14H,4-5,9H2,1H3,(H2,17,19). The van der Waals surface area contributed by atoms with Crippen LogP contribution < -0.4 is 10.5 Å². The van der Waals surface area contributed by atoms with Crippen LogP contribution >= 0.6 is 15.9 Å². The lowest BCUT2D eigenvalue weighted by atomic mass is 10.2. The maximum absolute atomic E-state index is 5.78. The Labute approximate surface area is 142 Å². The van der Waals surface area contributed by atoms with Crippen LogP contribution in [0.25, 0.3) is 0 Å². The summed E-state index contributed by atoms with van der Waals surface area (Å²) in [7, 11) is 0. The second-order valence-corrected chi connectivity index (χ2v) is 5.91. The van der Waals surface area contributed by atoms with Crippen LogP contribution in [0.3, 0.4) is 0 Å². The number of benzene rings is 1. The zero-order valence-electron chi connectivity index (χ0n) is 12.6. The molecule has 0 aliphatic carbocycles. The van der Waals surface area contributed by atoms with Gasteiger partial charge in [0, 0.05) is 10.0 Å². The summed E-state index contributed by atoms with van der Waals surface area (Å²) in [6.07, 6.45) is 3.11. The Morgan fingerprint density at radius 3 is 2.96 bits per heavy atom. The van der Waals surface area contributed by atoms with E-state index in [4.69, 9.17) is 19.9 Å². The number of nitrogens with zero attached hydrogens (tertiary/aromatic N) is 3. The highest BCUT2D eigenvalue weighted by molar-refractivity contribution is 9.10. The Morgan fingerprint density at radius 1 is 1.48 bits per heavy atom. The van der Waals surface area contributed by atoms with E-state index in [1.807, 2.05) is 25.1 Å². The van der Waals surface area contributed by atoms with Crippen LogP contribution in [0.4, 0.5) is 5.95 Å². The van der Waals surface area contributed by atoms with Crippen molar-refractivity contribution in [3.8, 4) is 5.75 Å². The Balaban J connectivity index is 1.76. The molecule has 0 spiro atoms. The highest BCUT2D eigenvalue weighted by Gasteiger charge is 2.17. The van der Waals surface area contributed by atoms with Crippen LogP contribution in [-0.2, 0) is 9.47 Å². The molecule has 2 aromatic rings. The molecule has 23 heavy (non-hydrogen) atoms. The maximum Gasteiger partial charge on any atom is 0.221 e. The molecule has 1 fully saturated rings. The molecule has 1 aliphatic rings. The number of rotatable bonds is 5. The first-order valence-corrected chi connectivity index (χ1v) is 7.92. The lowest BCUT2D eigenvalue weighted by Gasteiger charge is -2.13. The molecular formula is C15H17BrN4O3. The van der Waals surface area contributed by atoms with Crippen LogP contribution in [0.15, 0.2) is 34.0 Å². The quantitative estimate of drug-likeness (QED) is 0.803. The fourth-order valence-electron chi connectivity index (χ4n) is 2.13. The number of hydrogen-bond acceptors (Lipinski definition) is 6. The lowest BCUT2D eigenvalue weighted by molar-refractivity contribution is -0.0684. The van der Waals surface area contributed by atoms with Crippen molar-refractivity contribution in [1.29, 1.82) is 0 Å². The fourth-order valence-corrected chi connectivity index (χ4v) is 2.51. The van der Waals surface area contributed by atoms with Crippen molar-refractivity contribution in [1.82, 2.24) is 9.66 Å². The summed E-state index contributed by atoms with van der Waals surface area (Å²) in [5.41, 5.74) is 7.39. The summed E-state index contributed by atoms with van der Waals surface area (Å²) in [6, 6.07) is 5.68. The molecular weight excluding hydrogens is 364 g/mol. The minimum atomic E-state index is -0.324. The zero-order valence-corrected chi connectivity index (χ0v) is 14.2. The van der Waals surface area contributed by atoms with Crippen LogP contribution in [-0.4, -0.2) is 42.0 Å². The van der Waals surface area contributed by atoms with E-state index >= 15 is 0 Å². The van der Waals surface area contributed by atoms with E-state index in [2.05, 4.69) is 26.0 Å². The molecule has 3 rings (SSSR count). The normalized spacial score (nSPS) is 15.6. The predicted octanol–water partition coefficient (Wildman–Crippen LogP) is 2.17. The Kier molecular flexibility index (Phi) is 4.94. The summed E-state index contributed by atoms with van der Waals surface area (Å²) in [5, 5.41) is 4.32. The van der Waals surface area contributed by atoms with Crippen molar-refractivity contribution >= 4 is 28.1 Å². The van der Waals surface area contributed by atoms with Crippen LogP contribution in [0.5, 0.6) is 5.75 Å². The van der Waals surface area contributed by atoms with Gasteiger partial charge in [0.25, 0.3) is 0 Å². The van der Waals surface area contributed by atoms with Crippen molar-refractivity contribution in [3.63, 3.8) is 0 Å². The van der Waals surface area contributed by atoms with Crippen molar-refractivity contribution in [2.75, 3.05) is 25.6 Å². The first kappa shape index (κ1) is 16.0. The van der Waals surface area contributed by atoms with Gasteiger partial charge in [-0.1, -0.05) is 15.9 Å². The third-order valence-electron chi connectivity index (χ3n) is 3.19. The zero-order chi connectivity index (χ0) is 16.2. The number of halogens is 1. The van der Waals surface area contributed by atoms with Gasteiger partial charge in [-0.15, -0.1) is 0 Å². The molecule has 0 saturated carbocycles. The SMILES string of the molecule is Cc1cn(N=Cc2cc(Br)ccc2OCC2OCCO2)c(N)n1. The number of nitrogens with two attached hydrogens (primary N) is 1. The number of nitrogen functional groups attached to an aromatic ring is 1. The van der Waals surface area contributed by atoms with Crippen molar-refractivity contribution in [2.45, 2.75) is 13.2 Å². The minimum absolute atomic E-state index is 0.324. The maximum atomic E-state index is 5.78. The smallest absolute Gasteiger partial charge is 0.221 e. The Bertz CT molecular complexity index is 711. The van der Waals surface area contributed by atoms with Crippen molar-refractivity contribution < 1.29 is 14.2 Å². The number of imidazole rings is 1. The van der Waals surface area contributed by atoms with E-state index in [-0.39, 0.29) is 6.29 Å². The van der Waals surface area contributed by atoms with E-state index in [9.17, 15) is 0 Å². The van der Waals surface area contributed by atoms with E-state index in [0.29, 0.717) is 31.5 Å². The van der Waals surface area contributed by atoms with Crippen molar-refractivity contribution in [3.05, 3.63) is 40.1 Å². The molecule has 2 N–H and O–H groups in total. The molecule has 0 bridgehead atoms. The molecule has 0 amide bonds. The highest BCUT2D eigenvalue weighted by Crippen LogP contribution is 2.23.